The molecule has 3 nitrogen and oxygen atoms in total. The first kappa shape index (κ1) is 10.7. The molecule has 0 atom stereocenters. The van der Waals surface area contributed by atoms with Crippen LogP contribution in [0.25, 0.3) is 0 Å². The third-order valence-electron chi connectivity index (χ3n) is 2.82. The van der Waals surface area contributed by atoms with Crippen LogP contribution in [0.2, 0.25) is 0 Å². The van der Waals surface area contributed by atoms with E-state index in [9.17, 15) is 9.90 Å². The number of phenolic OH excluding ortho intramolecular Hbond substituents is 1. The first-order chi connectivity index (χ1) is 7.66. The summed E-state index contributed by atoms with van der Waals surface area (Å²) in [5.41, 5.74) is 1.88. The van der Waals surface area contributed by atoms with Gasteiger partial charge in [0.15, 0.2) is 0 Å². The molecule has 1 aliphatic heterocycles. The maximum Gasteiger partial charge on any atom is 0.254 e. The number of phenols is 1. The van der Waals surface area contributed by atoms with Gasteiger partial charge in [-0.1, -0.05) is 17.7 Å². The Morgan fingerprint density at radius 2 is 2.25 bits per heavy atom. The number of amides is 1. The summed E-state index contributed by atoms with van der Waals surface area (Å²) in [5.74, 6) is 0.120. The lowest BCUT2D eigenvalue weighted by molar-refractivity contribution is 0.0768. The van der Waals surface area contributed by atoms with Gasteiger partial charge in [0.25, 0.3) is 5.91 Å². The zero-order chi connectivity index (χ0) is 11.5. The molecule has 1 aliphatic rings. The van der Waals surface area contributed by atoms with Crippen molar-refractivity contribution in [3.8, 4) is 5.75 Å². The normalized spacial score (nSPS) is 15.8. The Labute approximate surface area is 95.0 Å². The topological polar surface area (TPSA) is 40.5 Å². The molecule has 0 radical (unpaired) electrons. The molecule has 1 aromatic carbocycles. The van der Waals surface area contributed by atoms with E-state index in [0.717, 1.165) is 13.0 Å². The first-order valence-electron chi connectivity index (χ1n) is 5.41. The first-order valence-corrected chi connectivity index (χ1v) is 5.41. The van der Waals surface area contributed by atoms with Gasteiger partial charge in [-0.15, -0.1) is 0 Å². The van der Waals surface area contributed by atoms with Crippen LogP contribution in [0.5, 0.6) is 5.75 Å². The predicted octanol–water partition coefficient (Wildman–Crippen LogP) is 2.18. The van der Waals surface area contributed by atoms with Gasteiger partial charge in [0.2, 0.25) is 0 Å². The van der Waals surface area contributed by atoms with E-state index < -0.39 is 0 Å². The minimum absolute atomic E-state index is 0.0142. The Morgan fingerprint density at radius 3 is 2.88 bits per heavy atom. The minimum Gasteiger partial charge on any atom is -0.508 e. The van der Waals surface area contributed by atoms with Crippen LogP contribution in [-0.4, -0.2) is 29.0 Å². The Bertz CT molecular complexity index is 437. The number of aromatic hydroxyl groups is 1. The molecule has 0 saturated heterocycles. The van der Waals surface area contributed by atoms with Crippen LogP contribution in [0.1, 0.15) is 23.7 Å². The van der Waals surface area contributed by atoms with Crippen molar-refractivity contribution in [2.75, 3.05) is 13.1 Å². The monoisotopic (exact) mass is 217 g/mol. The van der Waals surface area contributed by atoms with Crippen LogP contribution in [0, 0.1) is 0 Å². The summed E-state index contributed by atoms with van der Waals surface area (Å²) < 4.78 is 0. The van der Waals surface area contributed by atoms with Gasteiger partial charge in [0, 0.05) is 18.7 Å². The molecule has 0 saturated carbocycles. The number of hydrogen-bond acceptors (Lipinski definition) is 2. The lowest BCUT2D eigenvalue weighted by atomic mass is 10.1. The quantitative estimate of drug-likeness (QED) is 0.732. The summed E-state index contributed by atoms with van der Waals surface area (Å²) in [4.78, 5) is 13.8. The van der Waals surface area contributed by atoms with Crippen molar-refractivity contribution < 1.29 is 9.90 Å². The van der Waals surface area contributed by atoms with E-state index in [0.29, 0.717) is 12.1 Å². The van der Waals surface area contributed by atoms with Crippen molar-refractivity contribution in [2.24, 2.45) is 0 Å². The SMILES string of the molecule is CC1=CCN(C(=O)c2cccc(O)c2)CC1. The second-order valence-electron chi connectivity index (χ2n) is 4.10. The van der Waals surface area contributed by atoms with Gasteiger partial charge in [0.05, 0.1) is 0 Å². The Hall–Kier alpha value is -1.77. The van der Waals surface area contributed by atoms with Crippen molar-refractivity contribution in [1.29, 1.82) is 0 Å². The Balaban J connectivity index is 2.14. The average molecular weight is 217 g/mol. The third-order valence-corrected chi connectivity index (χ3v) is 2.82. The Kier molecular flexibility index (Phi) is 2.95. The van der Waals surface area contributed by atoms with E-state index in [1.54, 1.807) is 23.1 Å². The zero-order valence-corrected chi connectivity index (χ0v) is 9.31. The highest BCUT2D eigenvalue weighted by Crippen LogP contribution is 2.16. The van der Waals surface area contributed by atoms with Gasteiger partial charge >= 0.3 is 0 Å². The van der Waals surface area contributed by atoms with Crippen molar-refractivity contribution in [3.05, 3.63) is 41.5 Å². The lowest BCUT2D eigenvalue weighted by Gasteiger charge is -2.25. The van der Waals surface area contributed by atoms with Crippen LogP contribution in [0.15, 0.2) is 35.9 Å². The highest BCUT2D eigenvalue weighted by molar-refractivity contribution is 5.94. The van der Waals surface area contributed by atoms with Crippen molar-refractivity contribution in [2.45, 2.75) is 13.3 Å². The molecule has 2 rings (SSSR count). The largest absolute Gasteiger partial charge is 0.508 e. The molecule has 0 unspecified atom stereocenters. The van der Waals surface area contributed by atoms with E-state index >= 15 is 0 Å². The van der Waals surface area contributed by atoms with Gasteiger partial charge in [0.1, 0.15) is 5.75 Å². The van der Waals surface area contributed by atoms with Gasteiger partial charge < -0.3 is 10.0 Å². The van der Waals surface area contributed by atoms with Crippen LogP contribution in [0.3, 0.4) is 0 Å². The molecule has 0 aromatic heterocycles. The number of carbonyl (C=O) groups is 1. The molecule has 84 valence electrons. The van der Waals surface area contributed by atoms with Crippen LogP contribution < -0.4 is 0 Å². The summed E-state index contributed by atoms with van der Waals surface area (Å²) in [5, 5.41) is 9.32. The van der Waals surface area contributed by atoms with Crippen molar-refractivity contribution >= 4 is 5.91 Å². The number of carbonyl (C=O) groups excluding carboxylic acids is 1. The maximum atomic E-state index is 12.0. The number of hydrogen-bond donors (Lipinski definition) is 1. The van der Waals surface area contributed by atoms with Gasteiger partial charge in [-0.2, -0.15) is 0 Å². The predicted molar refractivity (Wildman–Crippen MR) is 62.4 cm³/mol. The fourth-order valence-electron chi connectivity index (χ4n) is 1.78. The molecule has 1 N–H and O–H groups in total. The van der Waals surface area contributed by atoms with Gasteiger partial charge in [-0.3, -0.25) is 4.79 Å². The summed E-state index contributed by atoms with van der Waals surface area (Å²) in [6.45, 7) is 3.51. The molecular weight excluding hydrogens is 202 g/mol. The molecule has 1 amide bonds. The smallest absolute Gasteiger partial charge is 0.254 e. The van der Waals surface area contributed by atoms with Crippen LogP contribution in [-0.2, 0) is 0 Å². The van der Waals surface area contributed by atoms with E-state index in [1.165, 1.54) is 11.6 Å². The molecule has 0 fully saturated rings. The highest BCUT2D eigenvalue weighted by Gasteiger charge is 2.17. The number of benzene rings is 1. The third kappa shape index (κ3) is 2.24. The average Bonchev–Trinajstić information content (AvgIpc) is 2.29. The zero-order valence-electron chi connectivity index (χ0n) is 9.31. The number of nitrogens with zero attached hydrogens (tertiary/aromatic N) is 1. The second-order valence-corrected chi connectivity index (χ2v) is 4.10. The van der Waals surface area contributed by atoms with E-state index in [4.69, 9.17) is 0 Å². The van der Waals surface area contributed by atoms with E-state index in [-0.39, 0.29) is 11.7 Å². The fourth-order valence-corrected chi connectivity index (χ4v) is 1.78. The molecule has 0 aliphatic carbocycles. The molecular formula is C13H15NO2. The lowest BCUT2D eigenvalue weighted by Crippen LogP contribution is -2.34. The van der Waals surface area contributed by atoms with Crippen molar-refractivity contribution in [1.82, 2.24) is 4.90 Å². The van der Waals surface area contributed by atoms with Crippen LogP contribution in [0.4, 0.5) is 0 Å². The van der Waals surface area contributed by atoms with E-state index in [1.807, 2.05) is 0 Å². The standard InChI is InChI=1S/C13H15NO2/c1-10-5-7-14(8-6-10)13(16)11-3-2-4-12(15)9-11/h2-5,9,15H,6-8H2,1H3. The molecule has 1 heterocycles. The summed E-state index contributed by atoms with van der Waals surface area (Å²) >= 11 is 0. The summed E-state index contributed by atoms with van der Waals surface area (Å²) in [6, 6.07) is 6.49. The Morgan fingerprint density at radius 1 is 1.44 bits per heavy atom. The van der Waals surface area contributed by atoms with Gasteiger partial charge in [-0.25, -0.2) is 0 Å². The molecule has 3 heteroatoms. The fraction of sp³-hybridized carbons (Fsp3) is 0.308. The van der Waals surface area contributed by atoms with Gasteiger partial charge in [-0.05, 0) is 31.5 Å². The summed E-state index contributed by atoms with van der Waals surface area (Å²) in [7, 11) is 0. The highest BCUT2D eigenvalue weighted by atomic mass is 16.3. The minimum atomic E-state index is -0.0142. The number of rotatable bonds is 1. The molecule has 0 bridgehead atoms. The van der Waals surface area contributed by atoms with Crippen molar-refractivity contribution in [3.63, 3.8) is 0 Å². The molecule has 1 aromatic rings. The maximum absolute atomic E-state index is 12.0. The van der Waals surface area contributed by atoms with Crippen LogP contribution >= 0.6 is 0 Å². The van der Waals surface area contributed by atoms with E-state index in [2.05, 4.69) is 13.0 Å². The second kappa shape index (κ2) is 4.39. The molecule has 0 spiro atoms. The molecule has 16 heavy (non-hydrogen) atoms. The summed E-state index contributed by atoms with van der Waals surface area (Å²) in [6.07, 6.45) is 3.01.